The lowest BCUT2D eigenvalue weighted by molar-refractivity contribution is -0.141. The van der Waals surface area contributed by atoms with Gasteiger partial charge in [-0.2, -0.15) is 0 Å². The number of benzene rings is 2. The van der Waals surface area contributed by atoms with Gasteiger partial charge in [0.05, 0.1) is 12.0 Å². The largest absolute Gasteiger partial charge is 0.462 e. The Labute approximate surface area is 140 Å². The number of hydrogen-bond donors (Lipinski definition) is 0. The van der Waals surface area contributed by atoms with Crippen molar-refractivity contribution in [1.29, 1.82) is 0 Å². The summed E-state index contributed by atoms with van der Waals surface area (Å²) in [6.45, 7) is 0. The molecule has 0 N–H and O–H groups in total. The summed E-state index contributed by atoms with van der Waals surface area (Å²) in [5, 5.41) is 0. The Morgan fingerprint density at radius 1 is 0.958 bits per heavy atom. The summed E-state index contributed by atoms with van der Waals surface area (Å²) in [6.07, 6.45) is 1.55. The van der Waals surface area contributed by atoms with Crippen LogP contribution >= 0.6 is 0 Å². The number of rotatable bonds is 3. The van der Waals surface area contributed by atoms with E-state index in [-0.39, 0.29) is 30.1 Å². The van der Waals surface area contributed by atoms with Gasteiger partial charge in [-0.15, -0.1) is 0 Å². The minimum absolute atomic E-state index is 0.0734. The van der Waals surface area contributed by atoms with Gasteiger partial charge in [0.15, 0.2) is 0 Å². The standard InChI is InChI=1S/C20H18O4/c21-19-11-16-10-17(12-18(16)24-19)23-20(22)15-8-6-14(7-9-15)13-4-2-1-3-5-13/h1-9,16-18H,10-12H2. The molecule has 1 saturated heterocycles. The quantitative estimate of drug-likeness (QED) is 0.810. The lowest BCUT2D eigenvalue weighted by Crippen LogP contribution is -2.17. The third kappa shape index (κ3) is 2.92. The Bertz CT molecular complexity index is 735. The second-order valence-electron chi connectivity index (χ2n) is 6.43. The first-order valence-corrected chi connectivity index (χ1v) is 8.25. The van der Waals surface area contributed by atoms with Gasteiger partial charge in [-0.1, -0.05) is 42.5 Å². The first kappa shape index (κ1) is 14.9. The average Bonchev–Trinajstić information content (AvgIpc) is 3.12. The van der Waals surface area contributed by atoms with Crippen molar-refractivity contribution in [3.05, 3.63) is 60.2 Å². The second-order valence-corrected chi connectivity index (χ2v) is 6.43. The van der Waals surface area contributed by atoms with E-state index in [0.717, 1.165) is 11.1 Å². The van der Waals surface area contributed by atoms with E-state index in [2.05, 4.69) is 0 Å². The van der Waals surface area contributed by atoms with Gasteiger partial charge in [-0.25, -0.2) is 4.79 Å². The molecule has 2 fully saturated rings. The van der Waals surface area contributed by atoms with Crippen molar-refractivity contribution in [3.63, 3.8) is 0 Å². The Hall–Kier alpha value is -2.62. The van der Waals surface area contributed by atoms with Crippen LogP contribution in [0.5, 0.6) is 0 Å². The van der Waals surface area contributed by atoms with Gasteiger partial charge < -0.3 is 9.47 Å². The van der Waals surface area contributed by atoms with Gasteiger partial charge in [0.2, 0.25) is 0 Å². The minimum Gasteiger partial charge on any atom is -0.462 e. The van der Waals surface area contributed by atoms with Crippen molar-refractivity contribution in [2.45, 2.75) is 31.5 Å². The topological polar surface area (TPSA) is 52.6 Å². The third-order valence-electron chi connectivity index (χ3n) is 4.80. The smallest absolute Gasteiger partial charge is 0.338 e. The first-order valence-electron chi connectivity index (χ1n) is 8.25. The van der Waals surface area contributed by atoms with Crippen LogP contribution in [0.3, 0.4) is 0 Å². The summed E-state index contributed by atoms with van der Waals surface area (Å²) < 4.78 is 10.8. The van der Waals surface area contributed by atoms with E-state index in [4.69, 9.17) is 9.47 Å². The molecule has 2 aromatic rings. The fourth-order valence-electron chi connectivity index (χ4n) is 3.57. The van der Waals surface area contributed by atoms with Crippen molar-refractivity contribution in [3.8, 4) is 11.1 Å². The van der Waals surface area contributed by atoms with Gasteiger partial charge in [0.1, 0.15) is 12.2 Å². The molecule has 2 aromatic carbocycles. The molecule has 0 radical (unpaired) electrons. The number of carbonyl (C=O) groups is 2. The van der Waals surface area contributed by atoms with E-state index >= 15 is 0 Å². The maximum absolute atomic E-state index is 12.3. The molecular weight excluding hydrogens is 304 g/mol. The molecule has 1 heterocycles. The predicted octanol–water partition coefficient (Wildman–Crippen LogP) is 3.60. The Kier molecular flexibility index (Phi) is 3.81. The van der Waals surface area contributed by atoms with E-state index in [0.29, 0.717) is 24.8 Å². The van der Waals surface area contributed by atoms with Crippen LogP contribution in [0.4, 0.5) is 0 Å². The zero-order valence-corrected chi connectivity index (χ0v) is 13.2. The number of esters is 2. The van der Waals surface area contributed by atoms with Crippen molar-refractivity contribution < 1.29 is 19.1 Å². The maximum atomic E-state index is 12.3. The molecule has 0 spiro atoms. The highest BCUT2D eigenvalue weighted by Gasteiger charge is 2.44. The Morgan fingerprint density at radius 3 is 2.38 bits per heavy atom. The van der Waals surface area contributed by atoms with Crippen molar-refractivity contribution in [2.75, 3.05) is 0 Å². The molecule has 24 heavy (non-hydrogen) atoms. The van der Waals surface area contributed by atoms with Crippen LogP contribution in [-0.2, 0) is 14.3 Å². The molecule has 3 atom stereocenters. The van der Waals surface area contributed by atoms with Crippen LogP contribution in [0.25, 0.3) is 11.1 Å². The number of carbonyl (C=O) groups excluding carboxylic acids is 2. The van der Waals surface area contributed by atoms with E-state index in [1.54, 1.807) is 12.1 Å². The van der Waals surface area contributed by atoms with Crippen molar-refractivity contribution in [2.24, 2.45) is 5.92 Å². The fraction of sp³-hybridized carbons (Fsp3) is 0.300. The molecule has 2 aliphatic rings. The van der Waals surface area contributed by atoms with Gasteiger partial charge in [0.25, 0.3) is 0 Å². The summed E-state index contributed by atoms with van der Waals surface area (Å²) in [5.74, 6) is -0.243. The fourth-order valence-corrected chi connectivity index (χ4v) is 3.57. The molecular formula is C20H18O4. The highest BCUT2D eigenvalue weighted by Crippen LogP contribution is 2.38. The van der Waals surface area contributed by atoms with Gasteiger partial charge in [-0.05, 0) is 29.7 Å². The SMILES string of the molecule is O=C1CC2CC(OC(=O)c3ccc(-c4ccccc4)cc3)CC2O1. The average molecular weight is 322 g/mol. The van der Waals surface area contributed by atoms with E-state index in [1.165, 1.54) is 0 Å². The normalized spacial score (nSPS) is 25.2. The minimum atomic E-state index is -0.314. The summed E-state index contributed by atoms with van der Waals surface area (Å²) in [7, 11) is 0. The van der Waals surface area contributed by atoms with Crippen LogP contribution in [0.1, 0.15) is 29.6 Å². The van der Waals surface area contributed by atoms with Crippen LogP contribution < -0.4 is 0 Å². The zero-order valence-electron chi connectivity index (χ0n) is 13.2. The van der Waals surface area contributed by atoms with Crippen molar-refractivity contribution in [1.82, 2.24) is 0 Å². The molecule has 1 aliphatic carbocycles. The third-order valence-corrected chi connectivity index (χ3v) is 4.80. The number of fused-ring (bicyclic) bond motifs is 1. The Morgan fingerprint density at radius 2 is 1.67 bits per heavy atom. The lowest BCUT2D eigenvalue weighted by atomic mass is 10.0. The van der Waals surface area contributed by atoms with Gasteiger partial charge >= 0.3 is 11.9 Å². The first-order chi connectivity index (χ1) is 11.7. The lowest BCUT2D eigenvalue weighted by Gasteiger charge is -2.13. The molecule has 0 amide bonds. The molecule has 1 saturated carbocycles. The summed E-state index contributed by atoms with van der Waals surface area (Å²) in [5.41, 5.74) is 2.72. The molecule has 122 valence electrons. The number of ether oxygens (including phenoxy) is 2. The summed E-state index contributed by atoms with van der Waals surface area (Å²) in [4.78, 5) is 23.5. The molecule has 1 aliphatic heterocycles. The predicted molar refractivity (Wildman–Crippen MR) is 88.3 cm³/mol. The highest BCUT2D eigenvalue weighted by atomic mass is 16.6. The molecule has 4 heteroatoms. The van der Waals surface area contributed by atoms with Crippen LogP contribution in [0.15, 0.2) is 54.6 Å². The highest BCUT2D eigenvalue weighted by molar-refractivity contribution is 5.90. The van der Waals surface area contributed by atoms with Crippen LogP contribution in [0, 0.1) is 5.92 Å². The molecule has 4 rings (SSSR count). The molecule has 3 unspecified atom stereocenters. The second kappa shape index (κ2) is 6.11. The summed E-state index contributed by atoms with van der Waals surface area (Å²) in [6, 6.07) is 17.5. The van der Waals surface area contributed by atoms with Gasteiger partial charge in [-0.3, -0.25) is 4.79 Å². The van der Waals surface area contributed by atoms with E-state index < -0.39 is 0 Å². The molecule has 4 nitrogen and oxygen atoms in total. The molecule has 0 bridgehead atoms. The van der Waals surface area contributed by atoms with Crippen LogP contribution in [-0.4, -0.2) is 24.1 Å². The summed E-state index contributed by atoms with van der Waals surface area (Å²) >= 11 is 0. The van der Waals surface area contributed by atoms with E-state index in [9.17, 15) is 9.59 Å². The van der Waals surface area contributed by atoms with Crippen LogP contribution in [0.2, 0.25) is 0 Å². The van der Waals surface area contributed by atoms with Crippen molar-refractivity contribution >= 4 is 11.9 Å². The monoisotopic (exact) mass is 322 g/mol. The maximum Gasteiger partial charge on any atom is 0.338 e. The zero-order chi connectivity index (χ0) is 16.5. The Balaban J connectivity index is 1.40. The van der Waals surface area contributed by atoms with Gasteiger partial charge in [0, 0.05) is 12.3 Å². The molecule has 0 aromatic heterocycles. The number of hydrogen-bond acceptors (Lipinski definition) is 4. The van der Waals surface area contributed by atoms with E-state index in [1.807, 2.05) is 42.5 Å².